The second-order valence-electron chi connectivity index (χ2n) is 3.72. The summed E-state index contributed by atoms with van der Waals surface area (Å²) in [5, 5.41) is 2.75. The third-order valence-corrected chi connectivity index (χ3v) is 4.14. The van der Waals surface area contributed by atoms with Crippen LogP contribution < -0.4 is 11.1 Å². The first-order valence-electron chi connectivity index (χ1n) is 5.21. The van der Waals surface area contributed by atoms with Crippen molar-refractivity contribution in [1.82, 2.24) is 14.8 Å². The Hall–Kier alpha value is -1.41. The van der Waals surface area contributed by atoms with Crippen molar-refractivity contribution in [3.05, 3.63) is 54.8 Å². The molecule has 0 fully saturated rings. The van der Waals surface area contributed by atoms with Gasteiger partial charge in [-0.25, -0.2) is 4.39 Å². The summed E-state index contributed by atoms with van der Waals surface area (Å²) in [5.41, 5.74) is -0.708. The average Bonchev–Trinajstić information content (AvgIpc) is 2.34. The second-order valence-corrected chi connectivity index (χ2v) is 5.52. The van der Waals surface area contributed by atoms with Gasteiger partial charge in [0.2, 0.25) is 0 Å². The standard InChI is InChI=1S/C11H9BrFN3O2S/c1-16-11(14-9(17)10(18)15-16)19-5-6-2-3-7(13)4-8(6)12/h2-4H,5H2,1H3,(H,15,18). The van der Waals surface area contributed by atoms with Gasteiger partial charge in [-0.3, -0.25) is 19.4 Å². The predicted molar refractivity (Wildman–Crippen MR) is 73.8 cm³/mol. The summed E-state index contributed by atoms with van der Waals surface area (Å²) in [6.07, 6.45) is 0. The van der Waals surface area contributed by atoms with Gasteiger partial charge in [-0.1, -0.05) is 33.8 Å². The van der Waals surface area contributed by atoms with Crippen LogP contribution in [0.15, 0.2) is 37.4 Å². The summed E-state index contributed by atoms with van der Waals surface area (Å²) in [7, 11) is 1.59. The number of rotatable bonds is 3. The number of hydrogen-bond donors (Lipinski definition) is 1. The Morgan fingerprint density at radius 3 is 2.89 bits per heavy atom. The SMILES string of the molecule is Cn1[nH]c(=O)c(=O)nc1SCc1ccc(F)cc1Br. The van der Waals surface area contributed by atoms with Crippen LogP contribution in [0.25, 0.3) is 0 Å². The van der Waals surface area contributed by atoms with Crippen molar-refractivity contribution in [1.29, 1.82) is 0 Å². The van der Waals surface area contributed by atoms with Crippen LogP contribution >= 0.6 is 27.7 Å². The molecule has 0 aliphatic rings. The molecule has 0 spiro atoms. The highest BCUT2D eigenvalue weighted by molar-refractivity contribution is 9.10. The molecule has 0 radical (unpaired) electrons. The zero-order valence-corrected chi connectivity index (χ0v) is 12.2. The van der Waals surface area contributed by atoms with Crippen molar-refractivity contribution in [2.45, 2.75) is 10.9 Å². The monoisotopic (exact) mass is 345 g/mol. The van der Waals surface area contributed by atoms with Gasteiger partial charge in [0, 0.05) is 17.3 Å². The van der Waals surface area contributed by atoms with E-state index in [1.807, 2.05) is 0 Å². The van der Waals surface area contributed by atoms with E-state index in [4.69, 9.17) is 0 Å². The maximum Gasteiger partial charge on any atom is 0.339 e. The number of halogens is 2. The molecule has 0 aliphatic carbocycles. The highest BCUT2D eigenvalue weighted by Gasteiger charge is 2.07. The lowest BCUT2D eigenvalue weighted by molar-refractivity contribution is 0.596. The smallest absolute Gasteiger partial charge is 0.265 e. The van der Waals surface area contributed by atoms with E-state index in [0.29, 0.717) is 15.4 Å². The van der Waals surface area contributed by atoms with Gasteiger partial charge < -0.3 is 0 Å². The normalized spacial score (nSPS) is 10.7. The summed E-state index contributed by atoms with van der Waals surface area (Å²) >= 11 is 4.54. The molecule has 0 bridgehead atoms. The van der Waals surface area contributed by atoms with E-state index >= 15 is 0 Å². The predicted octanol–water partition coefficient (Wildman–Crippen LogP) is 1.66. The molecule has 19 heavy (non-hydrogen) atoms. The van der Waals surface area contributed by atoms with E-state index in [0.717, 1.165) is 5.56 Å². The number of aromatic amines is 1. The fraction of sp³-hybridized carbons (Fsp3) is 0.182. The molecule has 1 aromatic carbocycles. The van der Waals surface area contributed by atoms with Crippen molar-refractivity contribution in [2.24, 2.45) is 7.05 Å². The topological polar surface area (TPSA) is 67.8 Å². The van der Waals surface area contributed by atoms with Gasteiger partial charge >= 0.3 is 11.1 Å². The van der Waals surface area contributed by atoms with Crippen molar-refractivity contribution in [3.8, 4) is 0 Å². The van der Waals surface area contributed by atoms with E-state index in [9.17, 15) is 14.0 Å². The largest absolute Gasteiger partial charge is 0.339 e. The molecule has 1 heterocycles. The first kappa shape index (κ1) is 14.0. The molecular formula is C11H9BrFN3O2S. The van der Waals surface area contributed by atoms with Crippen LogP contribution in [0.4, 0.5) is 4.39 Å². The van der Waals surface area contributed by atoms with Crippen LogP contribution in [-0.4, -0.2) is 14.8 Å². The van der Waals surface area contributed by atoms with Gasteiger partial charge in [0.15, 0.2) is 5.16 Å². The fourth-order valence-electron chi connectivity index (χ4n) is 1.37. The lowest BCUT2D eigenvalue weighted by atomic mass is 10.2. The van der Waals surface area contributed by atoms with Gasteiger partial charge in [-0.15, -0.1) is 0 Å². The summed E-state index contributed by atoms with van der Waals surface area (Å²) in [5.74, 6) is 0.169. The molecule has 8 heteroatoms. The van der Waals surface area contributed by atoms with E-state index in [1.165, 1.54) is 28.6 Å². The van der Waals surface area contributed by atoms with Crippen LogP contribution in [0.5, 0.6) is 0 Å². The number of nitrogens with zero attached hydrogens (tertiary/aromatic N) is 2. The Morgan fingerprint density at radius 1 is 1.47 bits per heavy atom. The summed E-state index contributed by atoms with van der Waals surface area (Å²) in [6.45, 7) is 0. The second kappa shape index (κ2) is 5.70. The molecular weight excluding hydrogens is 337 g/mol. The molecule has 0 aliphatic heterocycles. The highest BCUT2D eigenvalue weighted by atomic mass is 79.9. The lowest BCUT2D eigenvalue weighted by Gasteiger charge is -2.07. The number of H-pyrrole nitrogens is 1. The van der Waals surface area contributed by atoms with Gasteiger partial charge in [-0.2, -0.15) is 4.98 Å². The first-order chi connectivity index (χ1) is 8.97. The Labute approximate surface area is 120 Å². The molecule has 1 N–H and O–H groups in total. The zero-order valence-electron chi connectivity index (χ0n) is 9.81. The minimum atomic E-state index is -0.821. The van der Waals surface area contributed by atoms with Gasteiger partial charge in [0.05, 0.1) is 0 Å². The zero-order chi connectivity index (χ0) is 14.0. The van der Waals surface area contributed by atoms with Crippen LogP contribution in [0.2, 0.25) is 0 Å². The van der Waals surface area contributed by atoms with Crippen molar-refractivity contribution < 1.29 is 4.39 Å². The fourth-order valence-corrected chi connectivity index (χ4v) is 2.97. The van der Waals surface area contributed by atoms with E-state index < -0.39 is 11.1 Å². The summed E-state index contributed by atoms with van der Waals surface area (Å²) in [6, 6.07) is 4.38. The van der Waals surface area contributed by atoms with Crippen LogP contribution in [-0.2, 0) is 12.8 Å². The van der Waals surface area contributed by atoms with Crippen molar-refractivity contribution >= 4 is 27.7 Å². The Kier molecular flexibility index (Phi) is 4.20. The van der Waals surface area contributed by atoms with Crippen LogP contribution in [0.1, 0.15) is 5.56 Å². The molecule has 5 nitrogen and oxygen atoms in total. The molecule has 0 saturated carbocycles. The number of hydrogen-bond acceptors (Lipinski definition) is 4. The van der Waals surface area contributed by atoms with Gasteiger partial charge in [0.25, 0.3) is 0 Å². The molecule has 0 amide bonds. The summed E-state index contributed by atoms with van der Waals surface area (Å²) in [4.78, 5) is 25.9. The maximum absolute atomic E-state index is 12.9. The highest BCUT2D eigenvalue weighted by Crippen LogP contribution is 2.25. The third kappa shape index (κ3) is 3.32. The molecule has 0 atom stereocenters. The number of aromatic nitrogens is 3. The van der Waals surface area contributed by atoms with Crippen molar-refractivity contribution in [2.75, 3.05) is 0 Å². The third-order valence-electron chi connectivity index (χ3n) is 2.32. The lowest BCUT2D eigenvalue weighted by Crippen LogP contribution is -2.33. The summed E-state index contributed by atoms with van der Waals surface area (Å²) < 4.78 is 15.0. The van der Waals surface area contributed by atoms with Gasteiger partial charge in [-0.05, 0) is 17.7 Å². The maximum atomic E-state index is 12.9. The number of aryl methyl sites for hydroxylation is 1. The molecule has 100 valence electrons. The Morgan fingerprint density at radius 2 is 2.21 bits per heavy atom. The van der Waals surface area contributed by atoms with Crippen LogP contribution in [0.3, 0.4) is 0 Å². The molecule has 1 aromatic heterocycles. The quantitative estimate of drug-likeness (QED) is 0.678. The number of nitrogens with one attached hydrogen (secondary N) is 1. The van der Waals surface area contributed by atoms with E-state index in [2.05, 4.69) is 26.0 Å². The molecule has 2 aromatic rings. The number of thioether (sulfide) groups is 1. The first-order valence-corrected chi connectivity index (χ1v) is 6.99. The average molecular weight is 346 g/mol. The Balaban J connectivity index is 2.21. The van der Waals surface area contributed by atoms with E-state index in [1.54, 1.807) is 13.1 Å². The van der Waals surface area contributed by atoms with Gasteiger partial charge in [0.1, 0.15) is 5.82 Å². The minimum absolute atomic E-state index is 0.324. The van der Waals surface area contributed by atoms with Crippen molar-refractivity contribution in [3.63, 3.8) is 0 Å². The molecule has 0 saturated heterocycles. The molecule has 0 unspecified atom stereocenters. The van der Waals surface area contributed by atoms with E-state index in [-0.39, 0.29) is 5.82 Å². The number of benzene rings is 1. The van der Waals surface area contributed by atoms with Crippen LogP contribution in [0, 0.1) is 5.82 Å². The molecule has 2 rings (SSSR count). The Bertz CT molecular complexity index is 729. The minimum Gasteiger partial charge on any atom is -0.265 e.